The SMILES string of the molecule is CC(C(=O)Nc1cccc([N+](=O)[O-])c1)N1CCN(S(=O)(=O)/C=C/c2ccccc2)CC1. The first-order chi connectivity index (χ1) is 14.8. The van der Waals surface area contributed by atoms with E-state index in [9.17, 15) is 23.3 Å². The van der Waals surface area contributed by atoms with Crippen molar-refractivity contribution in [2.45, 2.75) is 13.0 Å². The maximum absolute atomic E-state index is 12.6. The molecule has 1 fully saturated rings. The number of nitro benzene ring substituents is 1. The lowest BCUT2D eigenvalue weighted by atomic mass is 10.2. The quantitative estimate of drug-likeness (QED) is 0.519. The van der Waals surface area contributed by atoms with E-state index in [-0.39, 0.29) is 24.7 Å². The Labute approximate surface area is 181 Å². The molecule has 0 spiro atoms. The Kier molecular flexibility index (Phi) is 7.16. The van der Waals surface area contributed by atoms with Crippen LogP contribution in [0.15, 0.2) is 60.0 Å². The van der Waals surface area contributed by atoms with Crippen molar-refractivity contribution in [3.05, 3.63) is 75.7 Å². The number of sulfonamides is 1. The maximum Gasteiger partial charge on any atom is 0.271 e. The van der Waals surface area contributed by atoms with Crippen LogP contribution < -0.4 is 5.32 Å². The van der Waals surface area contributed by atoms with E-state index in [1.165, 1.54) is 27.9 Å². The van der Waals surface area contributed by atoms with Crippen molar-refractivity contribution in [3.8, 4) is 0 Å². The van der Waals surface area contributed by atoms with E-state index in [2.05, 4.69) is 5.32 Å². The summed E-state index contributed by atoms with van der Waals surface area (Å²) in [6.45, 7) is 3.09. The Morgan fingerprint density at radius 2 is 1.77 bits per heavy atom. The van der Waals surface area contributed by atoms with Crippen LogP contribution in [0.2, 0.25) is 0 Å². The van der Waals surface area contributed by atoms with Gasteiger partial charge in [-0.1, -0.05) is 36.4 Å². The van der Waals surface area contributed by atoms with E-state index in [4.69, 9.17) is 0 Å². The van der Waals surface area contributed by atoms with Gasteiger partial charge in [-0.25, -0.2) is 8.42 Å². The molecule has 1 unspecified atom stereocenters. The first-order valence-electron chi connectivity index (χ1n) is 9.79. The molecule has 31 heavy (non-hydrogen) atoms. The number of hydrogen-bond donors (Lipinski definition) is 1. The van der Waals surface area contributed by atoms with Crippen molar-refractivity contribution in [1.82, 2.24) is 9.21 Å². The van der Waals surface area contributed by atoms with Crippen LogP contribution in [0, 0.1) is 10.1 Å². The summed E-state index contributed by atoms with van der Waals surface area (Å²) in [4.78, 5) is 24.8. The molecule has 2 aromatic rings. The molecule has 1 aliphatic rings. The highest BCUT2D eigenvalue weighted by Crippen LogP contribution is 2.18. The summed E-state index contributed by atoms with van der Waals surface area (Å²) >= 11 is 0. The molecule has 0 aromatic heterocycles. The van der Waals surface area contributed by atoms with Crippen LogP contribution in [0.1, 0.15) is 12.5 Å². The van der Waals surface area contributed by atoms with Crippen LogP contribution in [0.25, 0.3) is 6.08 Å². The molecule has 0 aliphatic carbocycles. The molecule has 10 heteroatoms. The Balaban J connectivity index is 1.56. The number of amides is 1. The molecule has 1 saturated heterocycles. The fourth-order valence-electron chi connectivity index (χ4n) is 3.27. The van der Waals surface area contributed by atoms with Crippen LogP contribution in [0.4, 0.5) is 11.4 Å². The zero-order chi connectivity index (χ0) is 22.4. The number of anilines is 1. The molecule has 3 rings (SSSR count). The zero-order valence-electron chi connectivity index (χ0n) is 17.0. The molecule has 1 heterocycles. The smallest absolute Gasteiger partial charge is 0.271 e. The third kappa shape index (κ3) is 5.97. The average molecular weight is 445 g/mol. The van der Waals surface area contributed by atoms with Gasteiger partial charge < -0.3 is 5.32 Å². The second-order valence-corrected chi connectivity index (χ2v) is 8.98. The van der Waals surface area contributed by atoms with Crippen molar-refractivity contribution in [2.24, 2.45) is 0 Å². The Hall–Kier alpha value is -3.08. The highest BCUT2D eigenvalue weighted by Gasteiger charge is 2.29. The van der Waals surface area contributed by atoms with E-state index >= 15 is 0 Å². The summed E-state index contributed by atoms with van der Waals surface area (Å²) in [6, 6.07) is 14.4. The second-order valence-electron chi connectivity index (χ2n) is 7.17. The molecule has 1 N–H and O–H groups in total. The number of hydrogen-bond acceptors (Lipinski definition) is 6. The minimum atomic E-state index is -3.55. The van der Waals surface area contributed by atoms with E-state index in [0.29, 0.717) is 18.8 Å². The maximum atomic E-state index is 12.6. The summed E-state index contributed by atoms with van der Waals surface area (Å²) in [7, 11) is -3.55. The van der Waals surface area contributed by atoms with Gasteiger partial charge in [-0.2, -0.15) is 4.31 Å². The van der Waals surface area contributed by atoms with E-state index in [1.54, 1.807) is 19.1 Å². The number of nitrogens with zero attached hydrogens (tertiary/aromatic N) is 3. The van der Waals surface area contributed by atoms with E-state index in [1.807, 2.05) is 35.2 Å². The van der Waals surface area contributed by atoms with Crippen LogP contribution in [-0.4, -0.2) is 60.7 Å². The van der Waals surface area contributed by atoms with Gasteiger partial charge in [-0.15, -0.1) is 0 Å². The molecule has 0 radical (unpaired) electrons. The van der Waals surface area contributed by atoms with Gasteiger partial charge in [0.15, 0.2) is 0 Å². The van der Waals surface area contributed by atoms with E-state index < -0.39 is 21.0 Å². The van der Waals surface area contributed by atoms with Crippen molar-refractivity contribution in [1.29, 1.82) is 0 Å². The normalized spacial score (nSPS) is 16.8. The summed E-state index contributed by atoms with van der Waals surface area (Å²) in [5.74, 6) is -0.305. The number of rotatable bonds is 7. The van der Waals surface area contributed by atoms with Gasteiger partial charge >= 0.3 is 0 Å². The molecule has 1 atom stereocenters. The van der Waals surface area contributed by atoms with Gasteiger partial charge in [0.05, 0.1) is 11.0 Å². The Morgan fingerprint density at radius 1 is 1.10 bits per heavy atom. The lowest BCUT2D eigenvalue weighted by Crippen LogP contribution is -2.53. The highest BCUT2D eigenvalue weighted by molar-refractivity contribution is 7.92. The van der Waals surface area contributed by atoms with Crippen LogP contribution >= 0.6 is 0 Å². The number of carbonyl (C=O) groups is 1. The molecular weight excluding hydrogens is 420 g/mol. The summed E-state index contributed by atoms with van der Waals surface area (Å²) in [5.41, 5.74) is 1.04. The summed E-state index contributed by atoms with van der Waals surface area (Å²) < 4.78 is 26.6. The minimum absolute atomic E-state index is 0.104. The van der Waals surface area contributed by atoms with Crippen molar-refractivity contribution in [2.75, 3.05) is 31.5 Å². The molecule has 0 bridgehead atoms. The molecule has 164 valence electrons. The Morgan fingerprint density at radius 3 is 2.42 bits per heavy atom. The highest BCUT2D eigenvalue weighted by atomic mass is 32.2. The van der Waals surface area contributed by atoms with Gasteiger partial charge in [0.2, 0.25) is 15.9 Å². The molecular formula is C21H24N4O5S. The van der Waals surface area contributed by atoms with Crippen LogP contribution in [-0.2, 0) is 14.8 Å². The third-order valence-electron chi connectivity index (χ3n) is 5.12. The Bertz CT molecular complexity index is 1060. The fraction of sp³-hybridized carbons (Fsp3) is 0.286. The summed E-state index contributed by atoms with van der Waals surface area (Å²) in [5, 5.41) is 14.8. The van der Waals surface area contributed by atoms with E-state index in [0.717, 1.165) is 5.56 Å². The predicted molar refractivity (Wildman–Crippen MR) is 119 cm³/mol. The average Bonchev–Trinajstić information content (AvgIpc) is 2.78. The van der Waals surface area contributed by atoms with Crippen molar-refractivity contribution in [3.63, 3.8) is 0 Å². The standard InChI is InChI=1S/C21H24N4O5S/c1-17(21(26)22-19-8-5-9-20(16-19)25(27)28)23-11-13-24(14-12-23)31(29,30)15-10-18-6-3-2-4-7-18/h2-10,15-17H,11-14H2,1H3,(H,22,26)/b15-10+. The first-order valence-corrected chi connectivity index (χ1v) is 11.3. The summed E-state index contributed by atoms with van der Waals surface area (Å²) in [6.07, 6.45) is 1.57. The predicted octanol–water partition coefficient (Wildman–Crippen LogP) is 2.54. The van der Waals surface area contributed by atoms with Crippen molar-refractivity contribution >= 4 is 33.4 Å². The van der Waals surface area contributed by atoms with Gasteiger partial charge in [0.1, 0.15) is 0 Å². The third-order valence-corrected chi connectivity index (χ3v) is 6.68. The largest absolute Gasteiger partial charge is 0.324 e. The van der Waals surface area contributed by atoms with Gasteiger partial charge in [0, 0.05) is 49.4 Å². The zero-order valence-corrected chi connectivity index (χ0v) is 17.9. The fourth-order valence-corrected chi connectivity index (χ4v) is 4.44. The topological polar surface area (TPSA) is 113 Å². The first kappa shape index (κ1) is 22.6. The van der Waals surface area contributed by atoms with Gasteiger partial charge in [-0.05, 0) is 24.6 Å². The molecule has 2 aromatic carbocycles. The second kappa shape index (κ2) is 9.82. The number of nitro groups is 1. The number of carbonyl (C=O) groups excluding carboxylic acids is 1. The number of benzene rings is 2. The van der Waals surface area contributed by atoms with Crippen molar-refractivity contribution < 1.29 is 18.1 Å². The molecule has 9 nitrogen and oxygen atoms in total. The number of non-ortho nitro benzene ring substituents is 1. The molecule has 1 aliphatic heterocycles. The number of nitrogens with one attached hydrogen (secondary N) is 1. The van der Waals surface area contributed by atoms with Gasteiger partial charge in [0.25, 0.3) is 5.69 Å². The minimum Gasteiger partial charge on any atom is -0.324 e. The lowest BCUT2D eigenvalue weighted by molar-refractivity contribution is -0.384. The van der Waals surface area contributed by atoms with Crippen LogP contribution in [0.5, 0.6) is 0 Å². The molecule has 0 saturated carbocycles. The monoisotopic (exact) mass is 444 g/mol. The molecule has 1 amide bonds. The lowest BCUT2D eigenvalue weighted by Gasteiger charge is -2.36. The van der Waals surface area contributed by atoms with Crippen LogP contribution in [0.3, 0.4) is 0 Å². The van der Waals surface area contributed by atoms with Gasteiger partial charge in [-0.3, -0.25) is 19.8 Å². The number of piperazine rings is 1.